The number of hydrogen-bond donors (Lipinski definition) is 0. The minimum absolute atomic E-state index is 0.00532. The molecule has 1 heterocycles. The summed E-state index contributed by atoms with van der Waals surface area (Å²) in [5, 5.41) is 0. The largest absolute Gasteiger partial charge is 0.496 e. The average Bonchev–Trinajstić information content (AvgIpc) is 2.27. The van der Waals surface area contributed by atoms with E-state index in [-0.39, 0.29) is 12.0 Å². The first kappa shape index (κ1) is 11.0. The lowest BCUT2D eigenvalue weighted by molar-refractivity contribution is -0.0193. The minimum Gasteiger partial charge on any atom is -0.496 e. The molecule has 1 fully saturated rings. The van der Waals surface area contributed by atoms with Crippen LogP contribution >= 0.6 is 0 Å². The van der Waals surface area contributed by atoms with Crippen molar-refractivity contribution in [2.45, 2.75) is 6.10 Å². The van der Waals surface area contributed by atoms with E-state index in [1.165, 1.54) is 0 Å². The zero-order chi connectivity index (χ0) is 11.5. The van der Waals surface area contributed by atoms with Crippen molar-refractivity contribution in [3.8, 4) is 5.75 Å². The van der Waals surface area contributed by atoms with E-state index in [1.54, 1.807) is 31.3 Å². The van der Waals surface area contributed by atoms with Crippen LogP contribution in [-0.2, 0) is 4.74 Å². The van der Waals surface area contributed by atoms with Crippen LogP contribution in [0, 0.1) is 0 Å². The van der Waals surface area contributed by atoms with Crippen LogP contribution in [0.2, 0.25) is 0 Å². The number of amides is 1. The van der Waals surface area contributed by atoms with Crippen molar-refractivity contribution in [2.24, 2.45) is 0 Å². The van der Waals surface area contributed by atoms with E-state index < -0.39 is 0 Å². The molecule has 1 saturated heterocycles. The third-order valence-electron chi connectivity index (χ3n) is 2.81. The molecule has 4 heteroatoms. The second kappa shape index (κ2) is 4.53. The summed E-state index contributed by atoms with van der Waals surface area (Å²) in [5.74, 6) is 0.624. The van der Waals surface area contributed by atoms with Gasteiger partial charge < -0.3 is 14.4 Å². The summed E-state index contributed by atoms with van der Waals surface area (Å²) in [5.41, 5.74) is 0.611. The van der Waals surface area contributed by atoms with Crippen LogP contribution in [0.5, 0.6) is 5.75 Å². The highest BCUT2D eigenvalue weighted by Gasteiger charge is 2.32. The van der Waals surface area contributed by atoms with Gasteiger partial charge >= 0.3 is 0 Å². The van der Waals surface area contributed by atoms with Gasteiger partial charge in [0.2, 0.25) is 0 Å². The number of para-hydroxylation sites is 1. The lowest BCUT2D eigenvalue weighted by Gasteiger charge is -2.38. The van der Waals surface area contributed by atoms with E-state index in [0.29, 0.717) is 24.4 Å². The van der Waals surface area contributed by atoms with Crippen LogP contribution in [0.3, 0.4) is 0 Å². The Balaban J connectivity index is 2.10. The number of likely N-dealkylation sites (tertiary alicyclic amines) is 1. The highest BCUT2D eigenvalue weighted by atomic mass is 16.5. The average molecular weight is 221 g/mol. The normalized spacial score (nSPS) is 15.8. The van der Waals surface area contributed by atoms with Crippen molar-refractivity contribution in [1.29, 1.82) is 0 Å². The van der Waals surface area contributed by atoms with Gasteiger partial charge in [-0.2, -0.15) is 0 Å². The summed E-state index contributed by atoms with van der Waals surface area (Å²) in [6.07, 6.45) is 0.179. The molecule has 1 aliphatic rings. The number of rotatable bonds is 3. The predicted octanol–water partition coefficient (Wildman–Crippen LogP) is 1.17. The van der Waals surface area contributed by atoms with E-state index in [0.717, 1.165) is 0 Å². The fourth-order valence-corrected chi connectivity index (χ4v) is 1.74. The fraction of sp³-hybridized carbons (Fsp3) is 0.417. The smallest absolute Gasteiger partial charge is 0.257 e. The minimum atomic E-state index is 0.00532. The molecule has 0 spiro atoms. The summed E-state index contributed by atoms with van der Waals surface area (Å²) < 4.78 is 10.3. The van der Waals surface area contributed by atoms with E-state index in [2.05, 4.69) is 0 Å². The first-order chi connectivity index (χ1) is 7.76. The molecule has 16 heavy (non-hydrogen) atoms. The van der Waals surface area contributed by atoms with Gasteiger partial charge in [-0.25, -0.2) is 0 Å². The third-order valence-corrected chi connectivity index (χ3v) is 2.81. The van der Waals surface area contributed by atoms with Crippen molar-refractivity contribution < 1.29 is 14.3 Å². The summed E-state index contributed by atoms with van der Waals surface area (Å²) in [7, 11) is 3.23. The van der Waals surface area contributed by atoms with Gasteiger partial charge in [-0.05, 0) is 12.1 Å². The van der Waals surface area contributed by atoms with E-state index in [9.17, 15) is 4.79 Å². The maximum Gasteiger partial charge on any atom is 0.257 e. The van der Waals surface area contributed by atoms with Crippen molar-refractivity contribution in [3.05, 3.63) is 29.8 Å². The van der Waals surface area contributed by atoms with E-state index >= 15 is 0 Å². The van der Waals surface area contributed by atoms with Gasteiger partial charge in [0, 0.05) is 20.2 Å². The number of methoxy groups -OCH3 is 2. The number of carbonyl (C=O) groups is 1. The molecular weight excluding hydrogens is 206 g/mol. The molecule has 4 nitrogen and oxygen atoms in total. The summed E-state index contributed by atoms with van der Waals surface area (Å²) >= 11 is 0. The molecule has 1 amide bonds. The highest BCUT2D eigenvalue weighted by Crippen LogP contribution is 2.22. The molecule has 0 atom stereocenters. The number of hydrogen-bond acceptors (Lipinski definition) is 3. The quantitative estimate of drug-likeness (QED) is 0.769. The number of ether oxygens (including phenoxy) is 2. The Morgan fingerprint density at radius 2 is 2.00 bits per heavy atom. The SMILES string of the molecule is COc1ccccc1C(=O)N1CC(OC)C1. The number of nitrogens with zero attached hydrogens (tertiary/aromatic N) is 1. The molecule has 0 aromatic heterocycles. The van der Waals surface area contributed by atoms with Crippen LogP contribution in [0.4, 0.5) is 0 Å². The van der Waals surface area contributed by atoms with Crippen LogP contribution in [0.25, 0.3) is 0 Å². The second-order valence-corrected chi connectivity index (χ2v) is 3.77. The fourth-order valence-electron chi connectivity index (χ4n) is 1.74. The van der Waals surface area contributed by atoms with E-state index in [1.807, 2.05) is 12.1 Å². The maximum atomic E-state index is 12.1. The Morgan fingerprint density at radius 3 is 2.62 bits per heavy atom. The van der Waals surface area contributed by atoms with Crippen molar-refractivity contribution in [3.63, 3.8) is 0 Å². The van der Waals surface area contributed by atoms with Crippen molar-refractivity contribution >= 4 is 5.91 Å². The van der Waals surface area contributed by atoms with Gasteiger partial charge in [0.15, 0.2) is 0 Å². The Labute approximate surface area is 94.8 Å². The Bertz CT molecular complexity index is 386. The topological polar surface area (TPSA) is 38.8 Å². The molecule has 86 valence electrons. The predicted molar refractivity (Wildman–Crippen MR) is 59.7 cm³/mol. The molecule has 1 aliphatic heterocycles. The number of carbonyl (C=O) groups excluding carboxylic acids is 1. The standard InChI is InChI=1S/C12H15NO3/c1-15-9-7-13(8-9)12(14)10-5-3-4-6-11(10)16-2/h3-6,9H,7-8H2,1-2H3. The maximum absolute atomic E-state index is 12.1. The van der Waals surface area contributed by atoms with Crippen LogP contribution in [0.15, 0.2) is 24.3 Å². The Kier molecular flexibility index (Phi) is 3.10. The molecule has 1 aromatic carbocycles. The zero-order valence-corrected chi connectivity index (χ0v) is 9.47. The molecule has 0 aliphatic carbocycles. The zero-order valence-electron chi connectivity index (χ0n) is 9.47. The molecule has 0 radical (unpaired) electrons. The van der Waals surface area contributed by atoms with Gasteiger partial charge in [-0.15, -0.1) is 0 Å². The Morgan fingerprint density at radius 1 is 1.31 bits per heavy atom. The van der Waals surface area contributed by atoms with Crippen LogP contribution in [-0.4, -0.2) is 44.2 Å². The monoisotopic (exact) mass is 221 g/mol. The Hall–Kier alpha value is -1.55. The summed E-state index contributed by atoms with van der Waals surface area (Å²) in [4.78, 5) is 13.8. The summed E-state index contributed by atoms with van der Waals surface area (Å²) in [6.45, 7) is 1.32. The lowest BCUT2D eigenvalue weighted by Crippen LogP contribution is -2.54. The van der Waals surface area contributed by atoms with Crippen LogP contribution < -0.4 is 4.74 Å². The third kappa shape index (κ3) is 1.88. The molecule has 1 aromatic rings. The molecule has 0 unspecified atom stereocenters. The van der Waals surface area contributed by atoms with Gasteiger partial charge in [0.05, 0.1) is 18.8 Å². The number of benzene rings is 1. The molecule has 0 bridgehead atoms. The van der Waals surface area contributed by atoms with Gasteiger partial charge in [-0.3, -0.25) is 4.79 Å². The van der Waals surface area contributed by atoms with Gasteiger partial charge in [0.25, 0.3) is 5.91 Å². The van der Waals surface area contributed by atoms with Crippen molar-refractivity contribution in [2.75, 3.05) is 27.3 Å². The lowest BCUT2D eigenvalue weighted by atomic mass is 10.1. The van der Waals surface area contributed by atoms with Crippen LogP contribution in [0.1, 0.15) is 10.4 Å². The molecular formula is C12H15NO3. The molecule has 0 N–H and O–H groups in total. The molecule has 2 rings (SSSR count). The van der Waals surface area contributed by atoms with Crippen molar-refractivity contribution in [1.82, 2.24) is 4.90 Å². The van der Waals surface area contributed by atoms with Gasteiger partial charge in [-0.1, -0.05) is 12.1 Å². The summed E-state index contributed by atoms with van der Waals surface area (Å²) in [6, 6.07) is 7.26. The first-order valence-corrected chi connectivity index (χ1v) is 5.21. The van der Waals surface area contributed by atoms with Gasteiger partial charge in [0.1, 0.15) is 5.75 Å². The first-order valence-electron chi connectivity index (χ1n) is 5.21. The highest BCUT2D eigenvalue weighted by molar-refractivity contribution is 5.97. The second-order valence-electron chi connectivity index (χ2n) is 3.77. The van der Waals surface area contributed by atoms with E-state index in [4.69, 9.17) is 9.47 Å². The molecule has 0 saturated carbocycles.